The number of nitrogens with one attached hydrogen (secondary N) is 1. The highest BCUT2D eigenvalue weighted by Gasteiger charge is 2.27. The average molecular weight is 469 g/mol. The third kappa shape index (κ3) is 4.85. The van der Waals surface area contributed by atoms with E-state index in [4.69, 9.17) is 4.74 Å². The number of halogens is 4. The first-order chi connectivity index (χ1) is 15.7. The molecule has 0 fully saturated rings. The van der Waals surface area contributed by atoms with Gasteiger partial charge in [-0.15, -0.1) is 0 Å². The number of amides is 1. The number of aromatic nitrogens is 2. The number of methoxy groups -OCH3 is 1. The summed E-state index contributed by atoms with van der Waals surface area (Å²) < 4.78 is 65.4. The van der Waals surface area contributed by atoms with Crippen LogP contribution in [0.15, 0.2) is 41.2 Å². The van der Waals surface area contributed by atoms with Crippen molar-refractivity contribution in [3.63, 3.8) is 0 Å². The predicted octanol–water partition coefficient (Wildman–Crippen LogP) is 2.99. The van der Waals surface area contributed by atoms with Crippen molar-refractivity contribution >= 4 is 11.6 Å². The number of alkyl halides is 2. The summed E-state index contributed by atoms with van der Waals surface area (Å²) in [5.41, 5.74) is -2.16. The number of aliphatic hydroxyl groups excluding tert-OH is 1. The number of ether oxygens (including phenoxy) is 2. The molecule has 1 amide bonds. The summed E-state index contributed by atoms with van der Waals surface area (Å²) in [6, 6.07) is 6.44. The summed E-state index contributed by atoms with van der Waals surface area (Å²) in [7, 11) is 2.56. The fraction of sp³-hybridized carbons (Fsp3) is 0.238. The van der Waals surface area contributed by atoms with Crippen molar-refractivity contribution in [1.29, 1.82) is 0 Å². The van der Waals surface area contributed by atoms with Crippen LogP contribution < -0.4 is 20.3 Å². The zero-order valence-electron chi connectivity index (χ0n) is 17.4. The van der Waals surface area contributed by atoms with Crippen LogP contribution in [0.3, 0.4) is 0 Å². The number of hydrogen-bond donors (Lipinski definition) is 2. The van der Waals surface area contributed by atoms with E-state index in [1.165, 1.54) is 26.3 Å². The van der Waals surface area contributed by atoms with Crippen molar-refractivity contribution in [2.24, 2.45) is 7.05 Å². The summed E-state index contributed by atoms with van der Waals surface area (Å²) in [6.45, 7) is -3.71. The standard InChI is InChI=1S/C21H19F4N3O5/c1-27-18(16-14(22)9-13(32-2)10-15(16)23)17(20(31)28(27)7-8-29)26-19(30)11-3-5-12(6-4-11)33-21(24)25/h3-6,9-10,21,29H,7-8H2,1-2H3,(H,26,30). The maximum atomic E-state index is 14.8. The Hall–Kier alpha value is -3.80. The lowest BCUT2D eigenvalue weighted by Gasteiger charge is -2.13. The molecule has 0 unspecified atom stereocenters. The molecule has 8 nitrogen and oxygen atoms in total. The van der Waals surface area contributed by atoms with Crippen molar-refractivity contribution in [3.8, 4) is 22.8 Å². The van der Waals surface area contributed by atoms with Gasteiger partial charge in [0.05, 0.1) is 31.5 Å². The minimum absolute atomic E-state index is 0.0322. The van der Waals surface area contributed by atoms with Crippen molar-refractivity contribution in [3.05, 3.63) is 63.9 Å². The molecule has 176 valence electrons. The average Bonchev–Trinajstić information content (AvgIpc) is 2.98. The van der Waals surface area contributed by atoms with Crippen LogP contribution in [0, 0.1) is 11.6 Å². The lowest BCUT2D eigenvalue weighted by Crippen LogP contribution is -2.25. The van der Waals surface area contributed by atoms with Crippen LogP contribution in [0.4, 0.5) is 23.2 Å². The van der Waals surface area contributed by atoms with Gasteiger partial charge in [0.1, 0.15) is 28.8 Å². The first kappa shape index (κ1) is 23.9. The Morgan fingerprint density at radius 2 is 1.73 bits per heavy atom. The molecule has 0 saturated heterocycles. The number of benzene rings is 2. The summed E-state index contributed by atoms with van der Waals surface area (Å²) in [6.07, 6.45) is 0. The molecule has 0 aliphatic rings. The van der Waals surface area contributed by atoms with E-state index in [1.54, 1.807) is 0 Å². The predicted molar refractivity (Wildman–Crippen MR) is 110 cm³/mol. The van der Waals surface area contributed by atoms with Crippen LogP contribution in [0.2, 0.25) is 0 Å². The molecule has 0 radical (unpaired) electrons. The van der Waals surface area contributed by atoms with Crippen LogP contribution in [0.25, 0.3) is 11.3 Å². The Morgan fingerprint density at radius 1 is 1.12 bits per heavy atom. The molecule has 0 spiro atoms. The van der Waals surface area contributed by atoms with Gasteiger partial charge < -0.3 is 19.9 Å². The highest BCUT2D eigenvalue weighted by molar-refractivity contribution is 6.06. The van der Waals surface area contributed by atoms with E-state index in [0.29, 0.717) is 0 Å². The molecule has 3 rings (SSSR count). The van der Waals surface area contributed by atoms with E-state index in [2.05, 4.69) is 10.1 Å². The van der Waals surface area contributed by atoms with Crippen molar-refractivity contribution in [2.75, 3.05) is 19.0 Å². The van der Waals surface area contributed by atoms with Gasteiger partial charge in [-0.2, -0.15) is 8.78 Å². The van der Waals surface area contributed by atoms with E-state index in [-0.39, 0.29) is 29.3 Å². The van der Waals surface area contributed by atoms with Gasteiger partial charge in [-0.05, 0) is 24.3 Å². The maximum absolute atomic E-state index is 14.8. The van der Waals surface area contributed by atoms with Gasteiger partial charge in [-0.1, -0.05) is 0 Å². The normalized spacial score (nSPS) is 11.0. The molecule has 2 N–H and O–H groups in total. The topological polar surface area (TPSA) is 94.7 Å². The third-order valence-corrected chi connectivity index (χ3v) is 4.75. The molecule has 3 aromatic rings. The third-order valence-electron chi connectivity index (χ3n) is 4.75. The SMILES string of the molecule is COc1cc(F)c(-c2c(NC(=O)c3ccc(OC(F)F)cc3)c(=O)n(CCO)n2C)c(F)c1. The summed E-state index contributed by atoms with van der Waals surface area (Å²) >= 11 is 0. The second-order valence-electron chi connectivity index (χ2n) is 6.72. The largest absolute Gasteiger partial charge is 0.497 e. The van der Waals surface area contributed by atoms with E-state index in [9.17, 15) is 32.3 Å². The van der Waals surface area contributed by atoms with Crippen molar-refractivity contribution < 1.29 is 36.9 Å². The van der Waals surface area contributed by atoms with Crippen molar-refractivity contribution in [1.82, 2.24) is 9.36 Å². The Labute approximate surface area is 184 Å². The smallest absolute Gasteiger partial charge is 0.387 e. The Kier molecular flexibility index (Phi) is 7.07. The van der Waals surface area contributed by atoms with Crippen molar-refractivity contribution in [2.45, 2.75) is 13.2 Å². The number of rotatable bonds is 8. The molecule has 33 heavy (non-hydrogen) atoms. The lowest BCUT2D eigenvalue weighted by molar-refractivity contribution is -0.0498. The second kappa shape index (κ2) is 9.77. The Bertz CT molecular complexity index is 1200. The minimum Gasteiger partial charge on any atom is -0.497 e. The summed E-state index contributed by atoms with van der Waals surface area (Å²) in [5.74, 6) is -3.21. The molecular weight excluding hydrogens is 450 g/mol. The van der Waals surface area contributed by atoms with Crippen LogP contribution >= 0.6 is 0 Å². The molecule has 12 heteroatoms. The summed E-state index contributed by atoms with van der Waals surface area (Å²) in [5, 5.41) is 11.6. The highest BCUT2D eigenvalue weighted by Crippen LogP contribution is 2.33. The van der Waals surface area contributed by atoms with E-state index in [1.807, 2.05) is 0 Å². The van der Waals surface area contributed by atoms with Gasteiger partial charge >= 0.3 is 6.61 Å². The number of carbonyl (C=O) groups excluding carboxylic acids is 1. The van der Waals surface area contributed by atoms with Gasteiger partial charge in [0.2, 0.25) is 0 Å². The molecule has 1 aromatic heterocycles. The van der Waals surface area contributed by atoms with Gasteiger partial charge in [0.25, 0.3) is 11.5 Å². The first-order valence-corrected chi connectivity index (χ1v) is 9.48. The number of hydrogen-bond acceptors (Lipinski definition) is 5. The zero-order valence-corrected chi connectivity index (χ0v) is 17.4. The van der Waals surface area contributed by atoms with E-state index < -0.39 is 47.6 Å². The number of nitrogens with zero attached hydrogens (tertiary/aromatic N) is 2. The number of aliphatic hydroxyl groups is 1. The van der Waals surface area contributed by atoms with E-state index in [0.717, 1.165) is 33.6 Å². The second-order valence-corrected chi connectivity index (χ2v) is 6.72. The van der Waals surface area contributed by atoms with Crippen LogP contribution in [-0.2, 0) is 13.6 Å². The molecule has 1 heterocycles. The molecule has 0 aliphatic heterocycles. The molecule has 0 atom stereocenters. The fourth-order valence-electron chi connectivity index (χ4n) is 3.26. The number of anilines is 1. The van der Waals surface area contributed by atoms with Crippen LogP contribution in [-0.4, -0.2) is 40.7 Å². The number of carbonyl (C=O) groups is 1. The first-order valence-electron chi connectivity index (χ1n) is 9.48. The fourth-order valence-corrected chi connectivity index (χ4v) is 3.26. The Balaban J connectivity index is 2.08. The quantitative estimate of drug-likeness (QED) is 0.495. The molecule has 0 aliphatic carbocycles. The van der Waals surface area contributed by atoms with Crippen LogP contribution in [0.5, 0.6) is 11.5 Å². The molecule has 0 bridgehead atoms. The zero-order chi connectivity index (χ0) is 24.3. The van der Waals surface area contributed by atoms with E-state index >= 15 is 0 Å². The highest BCUT2D eigenvalue weighted by atomic mass is 19.3. The summed E-state index contributed by atoms with van der Waals surface area (Å²) in [4.78, 5) is 25.6. The maximum Gasteiger partial charge on any atom is 0.387 e. The Morgan fingerprint density at radius 3 is 2.24 bits per heavy atom. The van der Waals surface area contributed by atoms with Gasteiger partial charge in [0, 0.05) is 24.7 Å². The van der Waals surface area contributed by atoms with Gasteiger partial charge in [0.15, 0.2) is 0 Å². The molecular formula is C21H19F4N3O5. The monoisotopic (exact) mass is 469 g/mol. The van der Waals surface area contributed by atoms with Gasteiger partial charge in [-0.3, -0.25) is 14.3 Å². The van der Waals surface area contributed by atoms with Gasteiger partial charge in [-0.25, -0.2) is 13.5 Å². The molecule has 0 saturated carbocycles. The van der Waals surface area contributed by atoms with Crippen LogP contribution in [0.1, 0.15) is 10.4 Å². The molecule has 2 aromatic carbocycles. The minimum atomic E-state index is -3.05. The lowest BCUT2D eigenvalue weighted by atomic mass is 10.1.